The van der Waals surface area contributed by atoms with Crippen molar-refractivity contribution in [2.45, 2.75) is 219 Å². The SMILES string of the molecule is C/C=C(/C)C(=O)O[C@H]1[C@H](OC(=O)/C(C)=C\C)[C@]2(CO)[C@H](O)C[C@]3(C)C(=CC[C@@H]4[C@@]5(C)CC[C@H](O[C@@H]6O[C@H](C(=O)O)[C@@H](O)[C@H](O[C@@H]7O[C@@H](CO)[C@H](O)[C@H]7O)[C@H]6O[C@@H]6OC[C@@H](O)[C@H](O)[C@H]6O)[C@](C)(CO)C5CC[C@]43C)[C@@H]2CC1(C)C. The van der Waals surface area contributed by atoms with Crippen molar-refractivity contribution in [2.75, 3.05) is 26.4 Å². The molecule has 0 aromatic rings. The number of aliphatic hydroxyl groups is 10. The van der Waals surface area contributed by atoms with E-state index in [2.05, 4.69) is 26.8 Å². The monoisotopic (exact) mass is 1110 g/mol. The van der Waals surface area contributed by atoms with Gasteiger partial charge in [0.1, 0.15) is 61.0 Å². The molecule has 78 heavy (non-hydrogen) atoms. The van der Waals surface area contributed by atoms with Crippen LogP contribution in [0.15, 0.2) is 34.9 Å². The molecule has 11 N–H and O–H groups in total. The van der Waals surface area contributed by atoms with Gasteiger partial charge in [-0.25, -0.2) is 14.4 Å². The summed E-state index contributed by atoms with van der Waals surface area (Å²) in [5, 5.41) is 122. The molecule has 0 bridgehead atoms. The first-order valence-corrected chi connectivity index (χ1v) is 27.6. The molecular weight excluding hydrogens is 1020 g/mol. The largest absolute Gasteiger partial charge is 0.479 e. The van der Waals surface area contributed by atoms with E-state index in [1.165, 1.54) is 0 Å². The molecule has 0 spiro atoms. The average Bonchev–Trinajstić information content (AvgIpc) is 3.77. The number of rotatable bonds is 14. The van der Waals surface area contributed by atoms with Crippen LogP contribution in [0.25, 0.3) is 0 Å². The van der Waals surface area contributed by atoms with Gasteiger partial charge >= 0.3 is 17.9 Å². The first kappa shape index (κ1) is 61.1. The molecule has 1 unspecified atom stereocenters. The molecule has 5 aliphatic carbocycles. The van der Waals surface area contributed by atoms with Crippen LogP contribution in [0.1, 0.15) is 114 Å². The van der Waals surface area contributed by atoms with Crippen LogP contribution < -0.4 is 0 Å². The number of hydrogen-bond donors (Lipinski definition) is 11. The van der Waals surface area contributed by atoms with Crippen molar-refractivity contribution in [3.63, 3.8) is 0 Å². The minimum Gasteiger partial charge on any atom is -0.479 e. The van der Waals surface area contributed by atoms with Crippen molar-refractivity contribution in [1.82, 2.24) is 0 Å². The van der Waals surface area contributed by atoms with Gasteiger partial charge in [0.05, 0.1) is 44.1 Å². The van der Waals surface area contributed by atoms with E-state index in [4.69, 9.17) is 37.9 Å². The van der Waals surface area contributed by atoms with E-state index in [0.717, 1.165) is 5.57 Å². The van der Waals surface area contributed by atoms with Crippen LogP contribution in [-0.4, -0.2) is 205 Å². The summed E-state index contributed by atoms with van der Waals surface area (Å²) in [6.45, 7) is 16.9. The molecule has 0 amide bonds. The molecule has 0 aromatic heterocycles. The first-order chi connectivity index (χ1) is 36.5. The molecule has 7 fully saturated rings. The lowest BCUT2D eigenvalue weighted by Gasteiger charge is -2.72. The van der Waals surface area contributed by atoms with Crippen LogP contribution in [0.5, 0.6) is 0 Å². The van der Waals surface area contributed by atoms with Crippen LogP contribution in [0.2, 0.25) is 0 Å². The van der Waals surface area contributed by atoms with Crippen molar-refractivity contribution in [2.24, 2.45) is 50.2 Å². The van der Waals surface area contributed by atoms with Gasteiger partial charge in [0.15, 0.2) is 31.1 Å². The molecule has 25 atom stereocenters. The molecule has 0 radical (unpaired) electrons. The molecule has 3 heterocycles. The number of hydrogen-bond acceptors (Lipinski definition) is 21. The maximum absolute atomic E-state index is 13.8. The van der Waals surface area contributed by atoms with Crippen LogP contribution in [-0.2, 0) is 52.3 Å². The highest BCUT2D eigenvalue weighted by Gasteiger charge is 2.74. The van der Waals surface area contributed by atoms with Crippen molar-refractivity contribution in [3.05, 3.63) is 34.9 Å². The molecule has 3 saturated heterocycles. The second-order valence-electron chi connectivity index (χ2n) is 25.4. The summed E-state index contributed by atoms with van der Waals surface area (Å²) in [4.78, 5) is 40.2. The number of carbonyl (C=O) groups is 3. The summed E-state index contributed by atoms with van der Waals surface area (Å²) < 4.78 is 48.9. The molecule has 0 aromatic carbocycles. The molecule has 8 rings (SSSR count). The number of aliphatic carboxylic acids is 1. The van der Waals surface area contributed by atoms with E-state index >= 15 is 0 Å². The maximum Gasteiger partial charge on any atom is 0.335 e. The van der Waals surface area contributed by atoms with Crippen LogP contribution in [0.3, 0.4) is 0 Å². The summed E-state index contributed by atoms with van der Waals surface area (Å²) in [6.07, 6.45) is -18.9. The lowest BCUT2D eigenvalue weighted by atomic mass is 9.33. The minimum atomic E-state index is -2.10. The van der Waals surface area contributed by atoms with E-state index in [1.807, 2.05) is 20.8 Å². The van der Waals surface area contributed by atoms with E-state index in [1.54, 1.807) is 39.8 Å². The Morgan fingerprint density at radius 3 is 1.88 bits per heavy atom. The Morgan fingerprint density at radius 1 is 0.692 bits per heavy atom. The fraction of sp³-hybridized carbons (Fsp3) is 0.839. The van der Waals surface area contributed by atoms with Crippen molar-refractivity contribution < 1.29 is 108 Å². The van der Waals surface area contributed by atoms with E-state index in [9.17, 15) is 70.6 Å². The van der Waals surface area contributed by atoms with E-state index in [0.29, 0.717) is 43.3 Å². The number of ether oxygens (including phenoxy) is 8. The van der Waals surface area contributed by atoms with Gasteiger partial charge in [-0.2, -0.15) is 0 Å². The van der Waals surface area contributed by atoms with Crippen LogP contribution in [0.4, 0.5) is 0 Å². The average molecular weight is 1110 g/mol. The summed E-state index contributed by atoms with van der Waals surface area (Å²) in [5.74, 6) is -3.75. The summed E-state index contributed by atoms with van der Waals surface area (Å²) in [7, 11) is 0. The molecule has 22 nitrogen and oxygen atoms in total. The van der Waals surface area contributed by atoms with Crippen molar-refractivity contribution in [3.8, 4) is 0 Å². The Bertz CT molecular complexity index is 2320. The molecule has 442 valence electrons. The molecule has 4 saturated carbocycles. The highest BCUT2D eigenvalue weighted by molar-refractivity contribution is 5.89. The minimum absolute atomic E-state index is 0.0628. The first-order valence-electron chi connectivity index (χ1n) is 27.6. The standard InChI is InChI=1S/C56H86O22/c1-11-25(3)46(69)77-43-44(78-47(70)26(4)12-2)56(24-59)28(19-51(43,5)6)27-13-14-32-52(7)17-16-34(53(8,23-58)31(52)15-18-54(32,9)55(27,10)20-33(56)61)73-50-42(76-48-37(64)35(62)29(60)22-71-48)40(39(66)41(75-50)45(67)68)74-49-38(65)36(63)30(21-57)72-49/h11-13,28-44,48-50,57-66H,14-24H2,1-10H3,(H,67,68)/b25-11-,26-12-/t28-,29+,30-,31?,32+,33+,34-,35-,36-,37+,38+,39-,40-,41-,42+,43-,44-,48-,49-,50+,52-,53+,54+,55+,56-/m0/s1. The van der Waals surface area contributed by atoms with Crippen molar-refractivity contribution in [1.29, 1.82) is 0 Å². The highest BCUT2D eigenvalue weighted by Crippen LogP contribution is 2.76. The number of esters is 2. The third-order valence-corrected chi connectivity index (χ3v) is 21.0. The Morgan fingerprint density at radius 2 is 1.31 bits per heavy atom. The van der Waals surface area contributed by atoms with E-state index < -0.39 is 187 Å². The van der Waals surface area contributed by atoms with Crippen molar-refractivity contribution >= 4 is 17.9 Å². The molecule has 8 aliphatic rings. The van der Waals surface area contributed by atoms with Crippen LogP contribution >= 0.6 is 0 Å². The summed E-state index contributed by atoms with van der Waals surface area (Å²) >= 11 is 0. The van der Waals surface area contributed by atoms with Gasteiger partial charge in [-0.15, -0.1) is 0 Å². The maximum atomic E-state index is 13.8. The zero-order valence-electron chi connectivity index (χ0n) is 46.5. The number of carbonyl (C=O) groups excluding carboxylic acids is 2. The van der Waals surface area contributed by atoms with Gasteiger partial charge < -0.3 is 94.1 Å². The number of carboxylic acid groups (broad SMARTS) is 1. The molecular formula is C56H86O22. The molecule has 22 heteroatoms. The third kappa shape index (κ3) is 9.65. The zero-order valence-corrected chi connectivity index (χ0v) is 46.5. The Hall–Kier alpha value is -3.01. The van der Waals surface area contributed by atoms with Gasteiger partial charge in [0.2, 0.25) is 0 Å². The second kappa shape index (κ2) is 22.3. The Labute approximate surface area is 455 Å². The number of fused-ring (bicyclic) bond motifs is 7. The topological polar surface area (TPSA) is 348 Å². The van der Waals surface area contributed by atoms with E-state index in [-0.39, 0.29) is 24.7 Å². The quantitative estimate of drug-likeness (QED) is 0.0498. The number of allylic oxidation sites excluding steroid dienone is 4. The van der Waals surface area contributed by atoms with Gasteiger partial charge in [-0.1, -0.05) is 65.3 Å². The highest BCUT2D eigenvalue weighted by atomic mass is 16.8. The van der Waals surface area contributed by atoms with Gasteiger partial charge in [0, 0.05) is 22.0 Å². The molecule has 3 aliphatic heterocycles. The summed E-state index contributed by atoms with van der Waals surface area (Å²) in [5.41, 5.74) is -3.39. The predicted octanol–water partition coefficient (Wildman–Crippen LogP) is 0.903. The second-order valence-corrected chi connectivity index (χ2v) is 25.4. The normalized spacial score (nSPS) is 49.3. The smallest absolute Gasteiger partial charge is 0.335 e. The lowest BCUT2D eigenvalue weighted by Crippen LogP contribution is -2.72. The Kier molecular flexibility index (Phi) is 17.4. The fourth-order valence-electron chi connectivity index (χ4n) is 15.9. The third-order valence-electron chi connectivity index (χ3n) is 21.0. The summed E-state index contributed by atoms with van der Waals surface area (Å²) in [6, 6.07) is 0. The van der Waals surface area contributed by atoms with Gasteiger partial charge in [0.25, 0.3) is 0 Å². The van der Waals surface area contributed by atoms with Gasteiger partial charge in [-0.3, -0.25) is 0 Å². The fourth-order valence-corrected chi connectivity index (χ4v) is 15.9. The lowest BCUT2D eigenvalue weighted by molar-refractivity contribution is -0.381. The zero-order chi connectivity index (χ0) is 57.6. The Balaban J connectivity index is 1.13. The van der Waals surface area contributed by atoms with Gasteiger partial charge in [-0.05, 0) is 107 Å². The van der Waals surface area contributed by atoms with Crippen LogP contribution in [0, 0.1) is 50.2 Å². The predicted molar refractivity (Wildman–Crippen MR) is 271 cm³/mol. The number of aliphatic hydroxyl groups excluding tert-OH is 10. The number of carboxylic acids is 1.